The number of rotatable bonds is 6. The maximum Gasteiger partial charge on any atom is 0.326 e. The lowest BCUT2D eigenvalue weighted by Gasteiger charge is -2.14. The zero-order valence-electron chi connectivity index (χ0n) is 10.1. The van der Waals surface area contributed by atoms with Crippen molar-refractivity contribution >= 4 is 12.0 Å². The summed E-state index contributed by atoms with van der Waals surface area (Å²) in [6.45, 7) is 5.70. The summed E-state index contributed by atoms with van der Waals surface area (Å²) in [5.41, 5.74) is 1.42. The number of carbonyl (C=O) groups is 2. The van der Waals surface area contributed by atoms with Crippen LogP contribution in [0.15, 0.2) is 24.7 Å². The monoisotopic (exact) mass is 252 g/mol. The van der Waals surface area contributed by atoms with Crippen molar-refractivity contribution in [1.82, 2.24) is 20.6 Å². The molecule has 1 atom stereocenters. The van der Waals surface area contributed by atoms with E-state index in [2.05, 4.69) is 27.2 Å². The van der Waals surface area contributed by atoms with Crippen molar-refractivity contribution in [3.8, 4) is 0 Å². The van der Waals surface area contributed by atoms with Crippen molar-refractivity contribution in [3.05, 3.63) is 30.4 Å². The maximum absolute atomic E-state index is 11.4. The Morgan fingerprint density at radius 1 is 1.61 bits per heavy atom. The van der Waals surface area contributed by atoms with Gasteiger partial charge in [0.15, 0.2) is 0 Å². The molecule has 7 nitrogen and oxygen atoms in total. The van der Waals surface area contributed by atoms with Gasteiger partial charge in [0.05, 0.1) is 6.33 Å². The number of imidazole rings is 1. The average Bonchev–Trinajstić information content (AvgIpc) is 2.78. The lowest BCUT2D eigenvalue weighted by atomic mass is 10.2. The van der Waals surface area contributed by atoms with Gasteiger partial charge in [-0.25, -0.2) is 14.6 Å². The molecule has 0 bridgehead atoms. The van der Waals surface area contributed by atoms with E-state index in [-0.39, 0.29) is 6.42 Å². The highest BCUT2D eigenvalue weighted by Gasteiger charge is 2.20. The summed E-state index contributed by atoms with van der Waals surface area (Å²) in [6, 6.07) is -1.54. The van der Waals surface area contributed by atoms with Gasteiger partial charge in [-0.05, 0) is 6.92 Å². The zero-order chi connectivity index (χ0) is 13.5. The molecular formula is C11H16N4O3. The van der Waals surface area contributed by atoms with E-state index < -0.39 is 18.0 Å². The van der Waals surface area contributed by atoms with Gasteiger partial charge < -0.3 is 20.7 Å². The molecule has 4 N–H and O–H groups in total. The van der Waals surface area contributed by atoms with Crippen LogP contribution in [0.4, 0.5) is 4.79 Å². The second-order valence-corrected chi connectivity index (χ2v) is 3.96. The summed E-state index contributed by atoms with van der Waals surface area (Å²) in [5, 5.41) is 13.9. The molecule has 7 heteroatoms. The second-order valence-electron chi connectivity index (χ2n) is 3.96. The molecule has 0 unspecified atom stereocenters. The molecule has 1 aromatic rings. The molecule has 0 spiro atoms. The Balaban J connectivity index is 2.50. The van der Waals surface area contributed by atoms with E-state index in [0.717, 1.165) is 5.57 Å². The fourth-order valence-electron chi connectivity index (χ4n) is 1.26. The molecule has 1 aromatic heterocycles. The maximum atomic E-state index is 11.4. The van der Waals surface area contributed by atoms with Gasteiger partial charge >= 0.3 is 12.0 Å². The number of nitrogens with one attached hydrogen (secondary N) is 3. The van der Waals surface area contributed by atoms with Crippen LogP contribution in [0.1, 0.15) is 12.6 Å². The highest BCUT2D eigenvalue weighted by Crippen LogP contribution is 1.98. The van der Waals surface area contributed by atoms with Gasteiger partial charge in [0.1, 0.15) is 6.04 Å². The molecule has 0 aromatic carbocycles. The van der Waals surface area contributed by atoms with Crippen LogP contribution in [0.3, 0.4) is 0 Å². The number of H-pyrrole nitrogens is 1. The summed E-state index contributed by atoms with van der Waals surface area (Å²) in [6.07, 6.45) is 3.12. The highest BCUT2D eigenvalue weighted by atomic mass is 16.4. The topological polar surface area (TPSA) is 107 Å². The number of amides is 2. The first kappa shape index (κ1) is 13.8. The molecule has 0 aliphatic heterocycles. The number of carboxylic acid groups (broad SMARTS) is 1. The molecule has 2 amide bonds. The summed E-state index contributed by atoms with van der Waals surface area (Å²) in [5.74, 6) is -1.10. The number of aromatic amines is 1. The van der Waals surface area contributed by atoms with Gasteiger partial charge in [-0.15, -0.1) is 0 Å². The Morgan fingerprint density at radius 3 is 2.83 bits per heavy atom. The summed E-state index contributed by atoms with van der Waals surface area (Å²) in [4.78, 5) is 29.0. The van der Waals surface area contributed by atoms with E-state index in [0.29, 0.717) is 12.2 Å². The summed E-state index contributed by atoms with van der Waals surface area (Å²) >= 11 is 0. The lowest BCUT2D eigenvalue weighted by molar-refractivity contribution is -0.139. The first-order valence-corrected chi connectivity index (χ1v) is 5.38. The van der Waals surface area contributed by atoms with Crippen LogP contribution in [-0.2, 0) is 11.2 Å². The van der Waals surface area contributed by atoms with Crippen LogP contribution < -0.4 is 10.6 Å². The predicted molar refractivity (Wildman–Crippen MR) is 65.1 cm³/mol. The minimum atomic E-state index is -1.10. The molecule has 18 heavy (non-hydrogen) atoms. The van der Waals surface area contributed by atoms with Crippen molar-refractivity contribution in [2.45, 2.75) is 19.4 Å². The number of carboxylic acids is 1. The fourth-order valence-corrected chi connectivity index (χ4v) is 1.26. The minimum Gasteiger partial charge on any atom is -0.480 e. The van der Waals surface area contributed by atoms with Gasteiger partial charge in [0, 0.05) is 24.9 Å². The van der Waals surface area contributed by atoms with E-state index in [4.69, 9.17) is 5.11 Å². The van der Waals surface area contributed by atoms with E-state index in [9.17, 15) is 9.59 Å². The van der Waals surface area contributed by atoms with E-state index in [1.807, 2.05) is 0 Å². The van der Waals surface area contributed by atoms with E-state index in [1.165, 1.54) is 12.5 Å². The Kier molecular flexibility index (Phi) is 4.91. The summed E-state index contributed by atoms with van der Waals surface area (Å²) < 4.78 is 0. The smallest absolute Gasteiger partial charge is 0.326 e. The first-order chi connectivity index (χ1) is 8.49. The average molecular weight is 252 g/mol. The third kappa shape index (κ3) is 4.69. The van der Waals surface area contributed by atoms with Crippen LogP contribution in [0, 0.1) is 0 Å². The molecule has 0 fully saturated rings. The number of aliphatic carboxylic acids is 1. The van der Waals surface area contributed by atoms with E-state index in [1.54, 1.807) is 6.92 Å². The molecule has 0 aliphatic carbocycles. The number of aromatic nitrogens is 2. The number of carbonyl (C=O) groups excluding carboxylic acids is 1. The van der Waals surface area contributed by atoms with Gasteiger partial charge in [-0.2, -0.15) is 0 Å². The van der Waals surface area contributed by atoms with Gasteiger partial charge in [-0.1, -0.05) is 12.2 Å². The quantitative estimate of drug-likeness (QED) is 0.545. The van der Waals surface area contributed by atoms with Gasteiger partial charge in [-0.3, -0.25) is 0 Å². The van der Waals surface area contributed by atoms with Crippen LogP contribution >= 0.6 is 0 Å². The minimum absolute atomic E-state index is 0.149. The third-order valence-electron chi connectivity index (χ3n) is 2.13. The van der Waals surface area contributed by atoms with Crippen molar-refractivity contribution in [2.75, 3.05) is 6.54 Å². The Hall–Kier alpha value is -2.31. The van der Waals surface area contributed by atoms with Crippen molar-refractivity contribution in [1.29, 1.82) is 0 Å². The number of hydrogen-bond donors (Lipinski definition) is 4. The summed E-state index contributed by atoms with van der Waals surface area (Å²) in [7, 11) is 0. The third-order valence-corrected chi connectivity index (χ3v) is 2.13. The molecule has 98 valence electrons. The van der Waals surface area contributed by atoms with E-state index >= 15 is 0 Å². The first-order valence-electron chi connectivity index (χ1n) is 5.38. The normalized spacial score (nSPS) is 11.6. The predicted octanol–water partition coefficient (Wildman–Crippen LogP) is 0.281. The fraction of sp³-hybridized carbons (Fsp3) is 0.364. The molecule has 0 saturated heterocycles. The van der Waals surface area contributed by atoms with Crippen molar-refractivity contribution in [3.63, 3.8) is 0 Å². The second kappa shape index (κ2) is 6.43. The number of nitrogens with zero attached hydrogens (tertiary/aromatic N) is 1. The Morgan fingerprint density at radius 2 is 2.33 bits per heavy atom. The van der Waals surface area contributed by atoms with Crippen LogP contribution in [0.2, 0.25) is 0 Å². The largest absolute Gasteiger partial charge is 0.480 e. The van der Waals surface area contributed by atoms with Crippen molar-refractivity contribution in [2.24, 2.45) is 0 Å². The van der Waals surface area contributed by atoms with Crippen molar-refractivity contribution < 1.29 is 14.7 Å². The Labute approximate surface area is 104 Å². The molecule has 0 saturated carbocycles. The van der Waals surface area contributed by atoms with Crippen LogP contribution in [0.5, 0.6) is 0 Å². The van der Waals surface area contributed by atoms with Gasteiger partial charge in [0.2, 0.25) is 0 Å². The Bertz CT molecular complexity index is 428. The highest BCUT2D eigenvalue weighted by molar-refractivity contribution is 5.82. The molecule has 1 rings (SSSR count). The SMILES string of the molecule is C=C(C)CNC(=O)N[C@@H](Cc1cnc[nH]1)C(=O)O. The lowest BCUT2D eigenvalue weighted by Crippen LogP contribution is -2.47. The van der Waals surface area contributed by atoms with Crippen LogP contribution in [-0.4, -0.2) is 39.7 Å². The standard InChI is InChI=1S/C11H16N4O3/c1-7(2)4-13-11(18)15-9(10(16)17)3-8-5-12-6-14-8/h5-6,9H,1,3-4H2,2H3,(H,12,14)(H,16,17)(H2,13,15,18)/t9-/m0/s1. The molecule has 0 aliphatic rings. The molecule has 0 radical (unpaired) electrons. The zero-order valence-corrected chi connectivity index (χ0v) is 10.1. The molecular weight excluding hydrogens is 236 g/mol. The van der Waals surface area contributed by atoms with Crippen LogP contribution in [0.25, 0.3) is 0 Å². The number of urea groups is 1. The van der Waals surface area contributed by atoms with Gasteiger partial charge in [0.25, 0.3) is 0 Å². The number of hydrogen-bond acceptors (Lipinski definition) is 3. The molecule has 1 heterocycles.